The number of hydrogen-bond donors (Lipinski definition) is 0. The van der Waals surface area contributed by atoms with E-state index in [1.54, 1.807) is 24.3 Å². The Morgan fingerprint density at radius 1 is 1.30 bits per heavy atom. The number of hydrogen-bond acceptors (Lipinski definition) is 5. The second-order valence-electron chi connectivity index (χ2n) is 4.33. The molecule has 102 valence electrons. The summed E-state index contributed by atoms with van der Waals surface area (Å²) in [6.45, 7) is 1.44. The number of carbonyl (C=O) groups excluding carboxylic acids is 1. The summed E-state index contributed by atoms with van der Waals surface area (Å²) in [4.78, 5) is 13.6. The first-order valence-electron chi connectivity index (χ1n) is 5.97. The van der Waals surface area contributed by atoms with E-state index in [-0.39, 0.29) is 5.57 Å². The number of benzene rings is 1. The molecule has 5 heteroatoms. The monoisotopic (exact) mass is 269 g/mol. The van der Waals surface area contributed by atoms with Gasteiger partial charge in [-0.2, -0.15) is 10.5 Å². The number of nitrogens with zero attached hydrogens (tertiary/aromatic N) is 3. The van der Waals surface area contributed by atoms with E-state index in [4.69, 9.17) is 15.3 Å². The fourth-order valence-corrected chi connectivity index (χ4v) is 1.42. The Morgan fingerprint density at radius 2 is 1.90 bits per heavy atom. The molecule has 0 fully saturated rings. The lowest BCUT2D eigenvalue weighted by Gasteiger charge is -2.11. The first-order valence-corrected chi connectivity index (χ1v) is 5.97. The number of carbonyl (C=O) groups is 1. The zero-order valence-electron chi connectivity index (χ0n) is 11.6. The van der Waals surface area contributed by atoms with Crippen molar-refractivity contribution in [3.63, 3.8) is 0 Å². The third-order valence-corrected chi connectivity index (χ3v) is 2.53. The summed E-state index contributed by atoms with van der Waals surface area (Å²) in [5.41, 5.74) is 1.60. The Morgan fingerprint density at radius 3 is 2.35 bits per heavy atom. The van der Waals surface area contributed by atoms with E-state index < -0.39 is 12.1 Å². The minimum atomic E-state index is -0.879. The van der Waals surface area contributed by atoms with E-state index in [0.717, 1.165) is 5.69 Å². The van der Waals surface area contributed by atoms with Crippen LogP contribution in [0.15, 0.2) is 29.8 Å². The van der Waals surface area contributed by atoms with Crippen LogP contribution in [0.5, 0.6) is 0 Å². The highest BCUT2D eigenvalue weighted by molar-refractivity contribution is 5.98. The van der Waals surface area contributed by atoms with Crippen LogP contribution < -0.4 is 4.90 Å². The van der Waals surface area contributed by atoms with Crippen molar-refractivity contribution < 1.29 is 9.53 Å². The molecule has 0 aromatic heterocycles. The maximum absolute atomic E-state index is 11.7. The van der Waals surface area contributed by atoms with Crippen molar-refractivity contribution in [1.29, 1.82) is 10.5 Å². The Labute approximate surface area is 118 Å². The molecule has 1 aromatic carbocycles. The van der Waals surface area contributed by atoms with Gasteiger partial charge < -0.3 is 9.64 Å². The van der Waals surface area contributed by atoms with Crippen LogP contribution in [0.2, 0.25) is 0 Å². The number of nitriles is 2. The topological polar surface area (TPSA) is 77.1 Å². The highest BCUT2D eigenvalue weighted by Crippen LogP contribution is 2.15. The van der Waals surface area contributed by atoms with E-state index in [2.05, 4.69) is 0 Å². The van der Waals surface area contributed by atoms with Gasteiger partial charge in [0.25, 0.3) is 0 Å². The summed E-state index contributed by atoms with van der Waals surface area (Å²) in [7, 11) is 3.85. The molecular weight excluding hydrogens is 254 g/mol. The van der Waals surface area contributed by atoms with Crippen LogP contribution in [0.1, 0.15) is 12.5 Å². The molecule has 0 radical (unpaired) electrons. The summed E-state index contributed by atoms with van der Waals surface area (Å²) in [6.07, 6.45) is 0.557. The molecule has 0 spiro atoms. The maximum Gasteiger partial charge on any atom is 0.350 e. The third-order valence-electron chi connectivity index (χ3n) is 2.53. The van der Waals surface area contributed by atoms with E-state index in [9.17, 15) is 4.79 Å². The van der Waals surface area contributed by atoms with Crippen LogP contribution >= 0.6 is 0 Å². The SMILES string of the molecule is C[C@H](C#N)OC(=O)/C(C#N)=C/c1ccc(N(C)C)cc1. The molecule has 0 aliphatic rings. The van der Waals surface area contributed by atoms with Gasteiger partial charge in [0.2, 0.25) is 0 Å². The van der Waals surface area contributed by atoms with Gasteiger partial charge in [0.15, 0.2) is 6.10 Å². The van der Waals surface area contributed by atoms with Gasteiger partial charge in [-0.25, -0.2) is 4.79 Å². The average molecular weight is 269 g/mol. The second kappa shape index (κ2) is 6.96. The highest BCUT2D eigenvalue weighted by atomic mass is 16.5. The summed E-state index contributed by atoms with van der Waals surface area (Å²) < 4.78 is 4.79. The van der Waals surface area contributed by atoms with Crippen LogP contribution in [0.25, 0.3) is 6.08 Å². The van der Waals surface area contributed by atoms with E-state index in [1.165, 1.54) is 13.0 Å². The summed E-state index contributed by atoms with van der Waals surface area (Å²) in [5.74, 6) is -0.793. The Hall–Kier alpha value is -2.79. The van der Waals surface area contributed by atoms with Crippen molar-refractivity contribution in [3.8, 4) is 12.1 Å². The molecule has 0 aliphatic heterocycles. The molecule has 0 amide bonds. The van der Waals surface area contributed by atoms with Crippen molar-refractivity contribution in [2.75, 3.05) is 19.0 Å². The molecule has 0 saturated carbocycles. The molecule has 0 saturated heterocycles. The lowest BCUT2D eigenvalue weighted by Crippen LogP contribution is -2.14. The van der Waals surface area contributed by atoms with Gasteiger partial charge in [-0.15, -0.1) is 0 Å². The van der Waals surface area contributed by atoms with Crippen LogP contribution in [0.4, 0.5) is 5.69 Å². The molecule has 1 rings (SSSR count). The molecule has 1 atom stereocenters. The fourth-order valence-electron chi connectivity index (χ4n) is 1.42. The zero-order valence-corrected chi connectivity index (χ0v) is 11.6. The molecular formula is C15H15N3O2. The standard InChI is InChI=1S/C15H15N3O2/c1-11(9-16)20-15(19)13(10-17)8-12-4-6-14(7-5-12)18(2)3/h4-8,11H,1-3H3/b13-8+/t11-/m1/s1. The fraction of sp³-hybridized carbons (Fsp3) is 0.267. The second-order valence-corrected chi connectivity index (χ2v) is 4.33. The molecule has 0 aliphatic carbocycles. The lowest BCUT2D eigenvalue weighted by molar-refractivity contribution is -0.140. The molecule has 0 bridgehead atoms. The quantitative estimate of drug-likeness (QED) is 0.475. The minimum Gasteiger partial charge on any atom is -0.443 e. The molecule has 0 heterocycles. The molecule has 1 aromatic rings. The van der Waals surface area contributed by atoms with Crippen LogP contribution in [-0.2, 0) is 9.53 Å². The average Bonchev–Trinajstić information content (AvgIpc) is 2.44. The smallest absolute Gasteiger partial charge is 0.350 e. The zero-order chi connectivity index (χ0) is 15.1. The van der Waals surface area contributed by atoms with Crippen molar-refractivity contribution >= 4 is 17.7 Å². The first kappa shape index (κ1) is 15.3. The van der Waals surface area contributed by atoms with Gasteiger partial charge in [-0.3, -0.25) is 0 Å². The van der Waals surface area contributed by atoms with Gasteiger partial charge in [0.05, 0.1) is 0 Å². The number of rotatable bonds is 4. The normalized spacial score (nSPS) is 11.9. The van der Waals surface area contributed by atoms with Crippen molar-refractivity contribution in [2.24, 2.45) is 0 Å². The summed E-state index contributed by atoms with van der Waals surface area (Å²) >= 11 is 0. The van der Waals surface area contributed by atoms with Crippen molar-refractivity contribution in [1.82, 2.24) is 0 Å². The Balaban J connectivity index is 2.92. The van der Waals surface area contributed by atoms with Crippen molar-refractivity contribution in [2.45, 2.75) is 13.0 Å². The molecule has 20 heavy (non-hydrogen) atoms. The predicted molar refractivity (Wildman–Crippen MR) is 75.5 cm³/mol. The molecule has 5 nitrogen and oxygen atoms in total. The van der Waals surface area contributed by atoms with Crippen LogP contribution in [-0.4, -0.2) is 26.2 Å². The summed E-state index contributed by atoms with van der Waals surface area (Å²) in [6, 6.07) is 10.9. The molecule has 0 N–H and O–H groups in total. The first-order chi connectivity index (χ1) is 9.47. The predicted octanol–water partition coefficient (Wildman–Crippen LogP) is 2.11. The highest BCUT2D eigenvalue weighted by Gasteiger charge is 2.14. The van der Waals surface area contributed by atoms with Gasteiger partial charge in [-0.05, 0) is 30.7 Å². The lowest BCUT2D eigenvalue weighted by atomic mass is 10.1. The Bertz CT molecular complexity index is 589. The van der Waals surface area contributed by atoms with Crippen LogP contribution in [0, 0.1) is 22.7 Å². The number of anilines is 1. The van der Waals surface area contributed by atoms with Crippen molar-refractivity contribution in [3.05, 3.63) is 35.4 Å². The third kappa shape index (κ3) is 4.15. The van der Waals surface area contributed by atoms with E-state index in [0.29, 0.717) is 5.56 Å². The van der Waals surface area contributed by atoms with Gasteiger partial charge in [0, 0.05) is 19.8 Å². The largest absolute Gasteiger partial charge is 0.443 e. The van der Waals surface area contributed by atoms with Gasteiger partial charge in [-0.1, -0.05) is 12.1 Å². The summed E-state index contributed by atoms with van der Waals surface area (Å²) in [5, 5.41) is 17.6. The van der Waals surface area contributed by atoms with Gasteiger partial charge >= 0.3 is 5.97 Å². The number of ether oxygens (including phenoxy) is 1. The number of esters is 1. The maximum atomic E-state index is 11.7. The van der Waals surface area contributed by atoms with Crippen LogP contribution in [0.3, 0.4) is 0 Å². The Kier molecular flexibility index (Phi) is 5.31. The molecule has 0 unspecified atom stereocenters. The van der Waals surface area contributed by atoms with E-state index >= 15 is 0 Å². The van der Waals surface area contributed by atoms with E-state index in [1.807, 2.05) is 31.1 Å². The minimum absolute atomic E-state index is 0.135. The van der Waals surface area contributed by atoms with Gasteiger partial charge in [0.1, 0.15) is 17.7 Å².